The van der Waals surface area contributed by atoms with Crippen molar-refractivity contribution >= 4 is 11.8 Å². The van der Waals surface area contributed by atoms with Crippen molar-refractivity contribution in [2.75, 3.05) is 0 Å². The third-order valence-corrected chi connectivity index (χ3v) is 9.82. The normalized spacial score (nSPS) is 47.0. The van der Waals surface area contributed by atoms with Gasteiger partial charge in [-0.15, -0.1) is 0 Å². The zero-order chi connectivity index (χ0) is 22.8. The van der Waals surface area contributed by atoms with Crippen LogP contribution in [0, 0.1) is 28.6 Å². The number of carbonyl (C=O) groups excluding carboxylic acids is 2. The molecule has 0 aliphatic heterocycles. The lowest BCUT2D eigenvalue weighted by atomic mass is 9.45. The minimum atomic E-state index is -1.05. The number of Topliss-reactive ketones (excluding diaryl/α,β-unsaturated/α-hetero) is 1. The maximum Gasteiger partial charge on any atom is 0.333 e. The van der Waals surface area contributed by atoms with E-state index < -0.39 is 17.1 Å². The first-order valence-electron chi connectivity index (χ1n) is 11.9. The average Bonchev–Trinajstić information content (AvgIpc) is 3.01. The number of ketones is 1. The molecular formula is C26H38O5. The van der Waals surface area contributed by atoms with Gasteiger partial charge in [0.05, 0.1) is 11.7 Å². The maximum atomic E-state index is 12.8. The summed E-state index contributed by atoms with van der Waals surface area (Å²) in [6.07, 6.45) is 8.10. The summed E-state index contributed by atoms with van der Waals surface area (Å²) in [6.45, 7) is 9.40. The average molecular weight is 431 g/mol. The van der Waals surface area contributed by atoms with Gasteiger partial charge in [-0.3, -0.25) is 4.79 Å². The molecule has 5 heteroatoms. The summed E-state index contributed by atoms with van der Waals surface area (Å²) in [5, 5.41) is 22.5. The predicted octanol–water partition coefficient (Wildman–Crippen LogP) is 4.12. The van der Waals surface area contributed by atoms with Gasteiger partial charge in [-0.05, 0) is 83.0 Å². The lowest BCUT2D eigenvalue weighted by Crippen LogP contribution is -2.66. The Hall–Kier alpha value is -1.46. The summed E-state index contributed by atoms with van der Waals surface area (Å²) in [5.74, 6) is -0.413. The molecule has 0 aromatic rings. The van der Waals surface area contributed by atoms with Crippen molar-refractivity contribution < 1.29 is 24.5 Å². The Morgan fingerprint density at radius 1 is 1.16 bits per heavy atom. The summed E-state index contributed by atoms with van der Waals surface area (Å²) in [5.41, 5.74) is -0.131. The van der Waals surface area contributed by atoms with Gasteiger partial charge in [-0.2, -0.15) is 0 Å². The first-order chi connectivity index (χ1) is 14.5. The van der Waals surface area contributed by atoms with Gasteiger partial charge < -0.3 is 14.9 Å². The molecule has 4 rings (SSSR count). The fourth-order valence-electron chi connectivity index (χ4n) is 7.72. The molecule has 4 aliphatic carbocycles. The number of ether oxygens (including phenoxy) is 1. The number of aliphatic hydroxyl groups is 2. The molecule has 0 aromatic heterocycles. The molecule has 172 valence electrons. The summed E-state index contributed by atoms with van der Waals surface area (Å²) >= 11 is 0. The summed E-state index contributed by atoms with van der Waals surface area (Å²) in [6, 6.07) is 0. The lowest BCUT2D eigenvalue weighted by molar-refractivity contribution is -0.232. The molecule has 0 saturated heterocycles. The van der Waals surface area contributed by atoms with E-state index >= 15 is 0 Å². The topological polar surface area (TPSA) is 83.8 Å². The summed E-state index contributed by atoms with van der Waals surface area (Å²) in [4.78, 5) is 25.5. The second-order valence-electron chi connectivity index (χ2n) is 11.0. The molecular weight excluding hydrogens is 392 g/mol. The number of rotatable bonds is 3. The third kappa shape index (κ3) is 3.10. The number of aliphatic hydroxyl groups excluding tert-OH is 1. The van der Waals surface area contributed by atoms with Crippen LogP contribution in [-0.2, 0) is 14.3 Å². The van der Waals surface area contributed by atoms with Crippen molar-refractivity contribution in [2.45, 2.75) is 97.4 Å². The molecule has 3 saturated carbocycles. The highest BCUT2D eigenvalue weighted by Gasteiger charge is 2.71. The second-order valence-corrected chi connectivity index (χ2v) is 11.0. The Balaban J connectivity index is 1.79. The van der Waals surface area contributed by atoms with Crippen molar-refractivity contribution in [3.63, 3.8) is 0 Å². The van der Waals surface area contributed by atoms with Gasteiger partial charge in [0.25, 0.3) is 0 Å². The van der Waals surface area contributed by atoms with E-state index in [2.05, 4.69) is 13.0 Å². The molecule has 0 radical (unpaired) electrons. The van der Waals surface area contributed by atoms with Crippen molar-refractivity contribution in [1.82, 2.24) is 0 Å². The van der Waals surface area contributed by atoms with Crippen molar-refractivity contribution in [2.24, 2.45) is 28.6 Å². The first kappa shape index (κ1) is 22.7. The van der Waals surface area contributed by atoms with E-state index in [1.807, 2.05) is 13.8 Å². The van der Waals surface area contributed by atoms with Gasteiger partial charge in [-0.1, -0.05) is 31.6 Å². The van der Waals surface area contributed by atoms with Gasteiger partial charge in [0.1, 0.15) is 11.9 Å². The molecule has 0 spiro atoms. The molecule has 4 aliphatic rings. The summed E-state index contributed by atoms with van der Waals surface area (Å²) < 4.78 is 6.11. The van der Waals surface area contributed by atoms with Crippen LogP contribution in [0.5, 0.6) is 0 Å². The molecule has 3 fully saturated rings. The zero-order valence-corrected chi connectivity index (χ0v) is 19.6. The number of allylic oxidation sites excluding steroid dienone is 2. The van der Waals surface area contributed by atoms with E-state index in [4.69, 9.17) is 4.74 Å². The Morgan fingerprint density at radius 3 is 2.52 bits per heavy atom. The lowest BCUT2D eigenvalue weighted by Gasteiger charge is -2.62. The van der Waals surface area contributed by atoms with E-state index in [0.29, 0.717) is 31.3 Å². The predicted molar refractivity (Wildman–Crippen MR) is 118 cm³/mol. The minimum absolute atomic E-state index is 0.0311. The first-order valence-corrected chi connectivity index (χ1v) is 11.9. The van der Waals surface area contributed by atoms with Gasteiger partial charge in [0.2, 0.25) is 0 Å². The van der Waals surface area contributed by atoms with Gasteiger partial charge >= 0.3 is 5.97 Å². The van der Waals surface area contributed by atoms with E-state index in [-0.39, 0.29) is 41.0 Å². The molecule has 0 aromatic carbocycles. The highest BCUT2D eigenvalue weighted by molar-refractivity contribution is 5.88. The molecule has 8 atom stereocenters. The number of hydrogen-bond acceptors (Lipinski definition) is 5. The van der Waals surface area contributed by atoms with E-state index in [0.717, 1.165) is 19.3 Å². The molecule has 2 N–H and O–H groups in total. The smallest absolute Gasteiger partial charge is 0.333 e. The zero-order valence-electron chi connectivity index (χ0n) is 19.6. The molecule has 0 heterocycles. The second kappa shape index (κ2) is 7.55. The van der Waals surface area contributed by atoms with Crippen LogP contribution in [0.1, 0.15) is 79.6 Å². The molecule has 31 heavy (non-hydrogen) atoms. The molecule has 5 nitrogen and oxygen atoms in total. The third-order valence-electron chi connectivity index (χ3n) is 9.82. The van der Waals surface area contributed by atoms with Crippen LogP contribution in [-0.4, -0.2) is 39.8 Å². The number of esters is 1. The Kier molecular flexibility index (Phi) is 5.54. The van der Waals surface area contributed by atoms with Gasteiger partial charge in [-0.25, -0.2) is 4.79 Å². The monoisotopic (exact) mass is 430 g/mol. The molecule has 2 unspecified atom stereocenters. The van der Waals surface area contributed by atoms with Crippen LogP contribution < -0.4 is 0 Å². The SMILES string of the molecule is C/C=C(\C)C(=O)O[C@@H]1CC2C(CC=C3C[C@@H](O)CC[C@@]32C)[C@@]2(O)CC[C@H](C(C)=O)[C@@]12C. The van der Waals surface area contributed by atoms with Crippen LogP contribution in [0.2, 0.25) is 0 Å². The molecule has 0 bridgehead atoms. The quantitative estimate of drug-likeness (QED) is 0.400. The number of hydrogen-bond donors (Lipinski definition) is 2. The standard InChI is InChI=1S/C26H38O5/c1-6-15(2)23(29)31-22-14-21-20(8-7-17-13-18(28)9-11-24(17,21)4)26(30)12-10-19(16(3)27)25(22,26)5/h6-7,18-22,28,30H,8-14H2,1-5H3/b15-6+/t18-,19+,20?,21?,22+,24-,25-,26-/m0/s1. The Labute approximate surface area is 185 Å². The van der Waals surface area contributed by atoms with E-state index in [1.165, 1.54) is 5.57 Å². The van der Waals surface area contributed by atoms with E-state index in [9.17, 15) is 19.8 Å². The highest BCUT2D eigenvalue weighted by atomic mass is 16.5. The van der Waals surface area contributed by atoms with Crippen molar-refractivity contribution in [3.8, 4) is 0 Å². The van der Waals surface area contributed by atoms with Crippen molar-refractivity contribution in [1.29, 1.82) is 0 Å². The Bertz CT molecular complexity index is 843. The highest BCUT2D eigenvalue weighted by Crippen LogP contribution is 2.68. The molecule has 0 amide bonds. The number of fused-ring (bicyclic) bond motifs is 5. The fourth-order valence-corrected chi connectivity index (χ4v) is 7.72. The van der Waals surface area contributed by atoms with Crippen LogP contribution in [0.4, 0.5) is 0 Å². The largest absolute Gasteiger partial charge is 0.458 e. The Morgan fingerprint density at radius 2 is 1.87 bits per heavy atom. The van der Waals surface area contributed by atoms with Crippen LogP contribution in [0.3, 0.4) is 0 Å². The van der Waals surface area contributed by atoms with Gasteiger partial charge in [0.15, 0.2) is 0 Å². The number of carbonyl (C=O) groups is 2. The fraction of sp³-hybridized carbons (Fsp3) is 0.769. The summed E-state index contributed by atoms with van der Waals surface area (Å²) in [7, 11) is 0. The maximum absolute atomic E-state index is 12.8. The minimum Gasteiger partial charge on any atom is -0.458 e. The van der Waals surface area contributed by atoms with Crippen LogP contribution >= 0.6 is 0 Å². The van der Waals surface area contributed by atoms with Crippen LogP contribution in [0.15, 0.2) is 23.3 Å². The van der Waals surface area contributed by atoms with Gasteiger partial charge in [0, 0.05) is 16.9 Å². The van der Waals surface area contributed by atoms with E-state index in [1.54, 1.807) is 19.9 Å². The van der Waals surface area contributed by atoms with Crippen LogP contribution in [0.25, 0.3) is 0 Å². The van der Waals surface area contributed by atoms with Crippen molar-refractivity contribution in [3.05, 3.63) is 23.3 Å².